The Morgan fingerprint density at radius 1 is 1.27 bits per heavy atom. The van der Waals surface area contributed by atoms with Crippen LogP contribution in [0.15, 0.2) is 36.3 Å². The number of ether oxygens (including phenoxy) is 2. The minimum absolute atomic E-state index is 0.406. The van der Waals surface area contributed by atoms with Gasteiger partial charge in [-0.25, -0.2) is 0 Å². The third-order valence-electron chi connectivity index (χ3n) is 2.87. The zero-order chi connectivity index (χ0) is 10.9. The van der Waals surface area contributed by atoms with Crippen LogP contribution in [0.25, 0.3) is 0 Å². The molecule has 0 aromatic heterocycles. The molecule has 2 nitrogen and oxygen atoms in total. The van der Waals surface area contributed by atoms with Gasteiger partial charge in [0.05, 0.1) is 0 Å². The number of hydrogen-bond donors (Lipinski definition) is 0. The highest BCUT2D eigenvalue weighted by atomic mass is 16.7. The molecule has 1 saturated heterocycles. The Hall–Kier alpha value is -1.18. The first-order valence-electron chi connectivity index (χ1n) is 5.56. The highest BCUT2D eigenvalue weighted by Crippen LogP contribution is 2.43. The molecular weight excluding hydrogens is 188 g/mol. The van der Waals surface area contributed by atoms with Gasteiger partial charge in [-0.3, -0.25) is 0 Å². The van der Waals surface area contributed by atoms with Crippen molar-refractivity contribution in [1.82, 2.24) is 0 Å². The van der Waals surface area contributed by atoms with Crippen molar-refractivity contribution < 1.29 is 9.47 Å². The SMILES string of the molecule is C=C(C)/C=C1/OC2(CCCCC2)OC1=C. The van der Waals surface area contributed by atoms with E-state index < -0.39 is 5.79 Å². The average Bonchev–Trinajstić information content (AvgIpc) is 2.43. The number of hydrogen-bond acceptors (Lipinski definition) is 2. The first-order chi connectivity index (χ1) is 7.11. The summed E-state index contributed by atoms with van der Waals surface area (Å²) in [5.74, 6) is 1.00. The lowest BCUT2D eigenvalue weighted by Gasteiger charge is -2.30. The molecule has 0 aromatic carbocycles. The van der Waals surface area contributed by atoms with Crippen molar-refractivity contribution in [3.8, 4) is 0 Å². The Kier molecular flexibility index (Phi) is 2.59. The maximum Gasteiger partial charge on any atom is 0.251 e. The van der Waals surface area contributed by atoms with E-state index in [-0.39, 0.29) is 0 Å². The second kappa shape index (κ2) is 3.76. The van der Waals surface area contributed by atoms with Crippen LogP contribution in [0.5, 0.6) is 0 Å². The fourth-order valence-corrected chi connectivity index (χ4v) is 2.18. The molecule has 0 atom stereocenters. The molecule has 0 bridgehead atoms. The summed E-state index contributed by atoms with van der Waals surface area (Å²) in [6.07, 6.45) is 7.46. The summed E-state index contributed by atoms with van der Waals surface area (Å²) in [6.45, 7) is 9.66. The minimum atomic E-state index is -0.406. The molecule has 0 amide bonds. The molecule has 0 N–H and O–H groups in total. The highest BCUT2D eigenvalue weighted by molar-refractivity contribution is 5.29. The maximum absolute atomic E-state index is 5.89. The second-order valence-electron chi connectivity index (χ2n) is 4.45. The zero-order valence-electron chi connectivity index (χ0n) is 9.34. The predicted octanol–water partition coefficient (Wildman–Crippen LogP) is 3.67. The summed E-state index contributed by atoms with van der Waals surface area (Å²) >= 11 is 0. The molecule has 1 aliphatic carbocycles. The fraction of sp³-hybridized carbons (Fsp3) is 0.538. The Morgan fingerprint density at radius 3 is 2.53 bits per heavy atom. The summed E-state index contributed by atoms with van der Waals surface area (Å²) < 4.78 is 11.7. The normalized spacial score (nSPS) is 26.5. The first-order valence-corrected chi connectivity index (χ1v) is 5.56. The van der Waals surface area contributed by atoms with Crippen LogP contribution in [0.1, 0.15) is 39.0 Å². The van der Waals surface area contributed by atoms with Crippen LogP contribution >= 0.6 is 0 Å². The van der Waals surface area contributed by atoms with Crippen LogP contribution in [0.2, 0.25) is 0 Å². The lowest BCUT2D eigenvalue weighted by atomic mass is 9.94. The van der Waals surface area contributed by atoms with E-state index in [1.54, 1.807) is 0 Å². The van der Waals surface area contributed by atoms with Crippen LogP contribution < -0.4 is 0 Å². The summed E-state index contributed by atoms with van der Waals surface area (Å²) in [7, 11) is 0. The summed E-state index contributed by atoms with van der Waals surface area (Å²) in [6, 6.07) is 0. The van der Waals surface area contributed by atoms with Crippen molar-refractivity contribution in [2.45, 2.75) is 44.8 Å². The van der Waals surface area contributed by atoms with Crippen LogP contribution in [0.3, 0.4) is 0 Å². The molecular formula is C13H18O2. The van der Waals surface area contributed by atoms with Crippen molar-refractivity contribution in [3.63, 3.8) is 0 Å². The highest BCUT2D eigenvalue weighted by Gasteiger charge is 2.43. The van der Waals surface area contributed by atoms with E-state index in [1.165, 1.54) is 19.3 Å². The molecule has 1 spiro atoms. The molecule has 2 rings (SSSR count). The van der Waals surface area contributed by atoms with Gasteiger partial charge in [0.25, 0.3) is 5.79 Å². The van der Waals surface area contributed by atoms with Crippen LogP contribution in [-0.2, 0) is 9.47 Å². The summed E-state index contributed by atoms with van der Waals surface area (Å²) in [5.41, 5.74) is 0.961. The molecule has 82 valence electrons. The van der Waals surface area contributed by atoms with Crippen LogP contribution in [-0.4, -0.2) is 5.79 Å². The van der Waals surface area contributed by atoms with Gasteiger partial charge in [-0.2, -0.15) is 0 Å². The monoisotopic (exact) mass is 206 g/mol. The molecule has 0 aromatic rings. The molecule has 15 heavy (non-hydrogen) atoms. The van der Waals surface area contributed by atoms with Gasteiger partial charge in [0.1, 0.15) is 0 Å². The van der Waals surface area contributed by atoms with E-state index in [0.29, 0.717) is 5.76 Å². The van der Waals surface area contributed by atoms with E-state index in [0.717, 1.165) is 24.2 Å². The number of rotatable bonds is 1. The Balaban J connectivity index is 2.15. The van der Waals surface area contributed by atoms with E-state index in [1.807, 2.05) is 13.0 Å². The van der Waals surface area contributed by atoms with Gasteiger partial charge in [-0.05, 0) is 25.8 Å². The van der Waals surface area contributed by atoms with E-state index >= 15 is 0 Å². The van der Waals surface area contributed by atoms with E-state index in [4.69, 9.17) is 9.47 Å². The quantitative estimate of drug-likeness (QED) is 0.651. The smallest absolute Gasteiger partial charge is 0.251 e. The lowest BCUT2D eigenvalue weighted by Crippen LogP contribution is -2.31. The molecule has 0 radical (unpaired) electrons. The lowest BCUT2D eigenvalue weighted by molar-refractivity contribution is -0.158. The van der Waals surface area contributed by atoms with Crippen molar-refractivity contribution >= 4 is 0 Å². The Labute approximate surface area is 91.3 Å². The van der Waals surface area contributed by atoms with Crippen molar-refractivity contribution in [2.24, 2.45) is 0 Å². The van der Waals surface area contributed by atoms with Crippen LogP contribution in [0.4, 0.5) is 0 Å². The fourth-order valence-electron chi connectivity index (χ4n) is 2.18. The third-order valence-corrected chi connectivity index (χ3v) is 2.87. The molecule has 1 heterocycles. The van der Waals surface area contributed by atoms with Gasteiger partial charge in [-0.15, -0.1) is 0 Å². The molecule has 2 fully saturated rings. The Morgan fingerprint density at radius 2 is 1.93 bits per heavy atom. The molecule has 1 saturated carbocycles. The largest absolute Gasteiger partial charge is 0.449 e. The van der Waals surface area contributed by atoms with Crippen molar-refractivity contribution in [2.75, 3.05) is 0 Å². The molecule has 0 unspecified atom stereocenters. The van der Waals surface area contributed by atoms with Crippen molar-refractivity contribution in [3.05, 3.63) is 36.3 Å². The molecule has 2 aliphatic rings. The van der Waals surface area contributed by atoms with E-state index in [9.17, 15) is 0 Å². The van der Waals surface area contributed by atoms with Crippen LogP contribution in [0, 0.1) is 0 Å². The zero-order valence-corrected chi connectivity index (χ0v) is 9.34. The minimum Gasteiger partial charge on any atom is -0.449 e. The standard InChI is InChI=1S/C13H18O2/c1-10(2)9-12-11(3)14-13(15-12)7-5-4-6-8-13/h9H,1,3-8H2,2H3/b12-9+. The summed E-state index contributed by atoms with van der Waals surface area (Å²) in [4.78, 5) is 0. The maximum atomic E-state index is 5.89. The second-order valence-corrected chi connectivity index (χ2v) is 4.45. The molecule has 1 aliphatic heterocycles. The van der Waals surface area contributed by atoms with E-state index in [2.05, 4.69) is 13.2 Å². The predicted molar refractivity (Wildman–Crippen MR) is 60.0 cm³/mol. The van der Waals surface area contributed by atoms with Gasteiger partial charge in [0.15, 0.2) is 11.5 Å². The third kappa shape index (κ3) is 2.09. The summed E-state index contributed by atoms with van der Waals surface area (Å²) in [5, 5.41) is 0. The number of allylic oxidation sites excluding steroid dienone is 2. The van der Waals surface area contributed by atoms with Gasteiger partial charge >= 0.3 is 0 Å². The van der Waals surface area contributed by atoms with Gasteiger partial charge in [0.2, 0.25) is 0 Å². The van der Waals surface area contributed by atoms with Gasteiger partial charge < -0.3 is 9.47 Å². The average molecular weight is 206 g/mol. The topological polar surface area (TPSA) is 18.5 Å². The van der Waals surface area contributed by atoms with Gasteiger partial charge in [0, 0.05) is 12.8 Å². The van der Waals surface area contributed by atoms with Crippen molar-refractivity contribution in [1.29, 1.82) is 0 Å². The Bertz CT molecular complexity index is 319. The van der Waals surface area contributed by atoms with Gasteiger partial charge in [-0.1, -0.05) is 25.2 Å². The molecule has 2 heteroatoms. The first kappa shape index (κ1) is 10.3.